The second-order valence-corrected chi connectivity index (χ2v) is 4.22. The monoisotopic (exact) mass is 278 g/mol. The Morgan fingerprint density at radius 3 is 1.75 bits per heavy atom. The van der Waals surface area contributed by atoms with Crippen LogP contribution in [0.1, 0.15) is 34.6 Å². The third kappa shape index (κ3) is 3.27. The van der Waals surface area contributed by atoms with Crippen molar-refractivity contribution in [2.24, 2.45) is 5.84 Å². The molecular formula is C13H14N2O5. The van der Waals surface area contributed by atoms with E-state index in [0.29, 0.717) is 5.01 Å². The zero-order valence-electron chi connectivity index (χ0n) is 11.0. The zero-order valence-corrected chi connectivity index (χ0v) is 11.0. The summed E-state index contributed by atoms with van der Waals surface area (Å²) in [5.41, 5.74) is 0.102. The summed E-state index contributed by atoms with van der Waals surface area (Å²) in [6.45, 7) is 2.32. The summed E-state index contributed by atoms with van der Waals surface area (Å²) in [4.78, 5) is 45.4. The quantitative estimate of drug-likeness (QED) is 0.345. The van der Waals surface area contributed by atoms with Crippen LogP contribution in [0, 0.1) is 0 Å². The summed E-state index contributed by atoms with van der Waals surface area (Å²) in [6, 6.07) is 3.66. The second-order valence-electron chi connectivity index (χ2n) is 4.22. The number of hydrogen-bond acceptors (Lipinski definition) is 5. The normalized spacial score (nSPS) is 10.2. The number of carboxylic acid groups (broad SMARTS) is 1. The third-order valence-electron chi connectivity index (χ3n) is 2.66. The Morgan fingerprint density at radius 2 is 1.40 bits per heavy atom. The largest absolute Gasteiger partial charge is 0.478 e. The predicted octanol–water partition coefficient (Wildman–Crippen LogP) is 0.247. The number of nitrogens with two attached hydrogens (primary N) is 1. The molecule has 20 heavy (non-hydrogen) atoms. The van der Waals surface area contributed by atoms with Crippen molar-refractivity contribution < 1.29 is 24.3 Å². The second kappa shape index (κ2) is 6.07. The smallest absolute Gasteiger partial charge is 0.335 e. The van der Waals surface area contributed by atoms with Gasteiger partial charge in [-0.1, -0.05) is 0 Å². The van der Waals surface area contributed by atoms with E-state index < -0.39 is 29.5 Å². The Balaban J connectivity index is 3.01. The van der Waals surface area contributed by atoms with Crippen LogP contribution in [-0.2, 0) is 9.59 Å². The number of carbonyl (C=O) groups is 4. The lowest BCUT2D eigenvalue weighted by Gasteiger charge is -2.23. The van der Waals surface area contributed by atoms with Crippen LogP contribution in [0.2, 0.25) is 0 Å². The van der Waals surface area contributed by atoms with E-state index in [-0.39, 0.29) is 11.1 Å². The van der Waals surface area contributed by atoms with Crippen LogP contribution in [0.4, 0.5) is 0 Å². The van der Waals surface area contributed by atoms with Crippen molar-refractivity contribution in [3.05, 3.63) is 35.4 Å². The molecule has 1 rings (SSSR count). The molecule has 7 heteroatoms. The highest BCUT2D eigenvalue weighted by Crippen LogP contribution is 2.09. The molecule has 0 aromatic heterocycles. The first kappa shape index (κ1) is 15.5. The maximum absolute atomic E-state index is 12.0. The van der Waals surface area contributed by atoms with E-state index >= 15 is 0 Å². The van der Waals surface area contributed by atoms with Crippen molar-refractivity contribution in [3.8, 4) is 0 Å². The van der Waals surface area contributed by atoms with Crippen LogP contribution in [0.5, 0.6) is 0 Å². The van der Waals surface area contributed by atoms with Crippen LogP contribution in [0.25, 0.3) is 0 Å². The SMILES string of the molecule is CC(=O)C(C(C)=O)N(N)C(=O)c1ccc(C(=O)O)cc1. The van der Waals surface area contributed by atoms with Gasteiger partial charge in [-0.25, -0.2) is 10.6 Å². The summed E-state index contributed by atoms with van der Waals surface area (Å²) in [6.07, 6.45) is 0. The number of hydrogen-bond donors (Lipinski definition) is 2. The van der Waals surface area contributed by atoms with Crippen molar-refractivity contribution in [1.82, 2.24) is 5.01 Å². The van der Waals surface area contributed by atoms with Gasteiger partial charge in [-0.2, -0.15) is 0 Å². The van der Waals surface area contributed by atoms with Gasteiger partial charge in [0.15, 0.2) is 17.6 Å². The Bertz CT molecular complexity index is 551. The van der Waals surface area contributed by atoms with Gasteiger partial charge in [0.05, 0.1) is 5.56 Å². The van der Waals surface area contributed by atoms with Gasteiger partial charge in [-0.15, -0.1) is 0 Å². The number of Topliss-reactive ketones (excluding diaryl/α,β-unsaturated/α-hetero) is 2. The van der Waals surface area contributed by atoms with E-state index in [9.17, 15) is 19.2 Å². The Kier molecular flexibility index (Phi) is 4.71. The van der Waals surface area contributed by atoms with Crippen molar-refractivity contribution in [2.75, 3.05) is 0 Å². The van der Waals surface area contributed by atoms with Crippen LogP contribution < -0.4 is 5.84 Å². The van der Waals surface area contributed by atoms with Crippen molar-refractivity contribution in [2.45, 2.75) is 19.9 Å². The van der Waals surface area contributed by atoms with E-state index in [1.807, 2.05) is 0 Å². The number of benzene rings is 1. The molecular weight excluding hydrogens is 264 g/mol. The molecule has 3 N–H and O–H groups in total. The maximum Gasteiger partial charge on any atom is 0.335 e. The summed E-state index contributed by atoms with van der Waals surface area (Å²) in [5.74, 6) is 2.56. The molecule has 0 atom stereocenters. The van der Waals surface area contributed by atoms with Crippen LogP contribution in [0.3, 0.4) is 0 Å². The molecule has 1 aromatic carbocycles. The molecule has 0 spiro atoms. The van der Waals surface area contributed by atoms with E-state index in [4.69, 9.17) is 10.9 Å². The number of carbonyl (C=O) groups excluding carboxylic acids is 3. The van der Waals surface area contributed by atoms with E-state index in [1.54, 1.807) is 0 Å². The molecule has 0 saturated carbocycles. The van der Waals surface area contributed by atoms with Gasteiger partial charge in [0.25, 0.3) is 5.91 Å². The fraction of sp³-hybridized carbons (Fsp3) is 0.231. The summed E-state index contributed by atoms with van der Waals surface area (Å²) in [5, 5.41) is 9.30. The minimum Gasteiger partial charge on any atom is -0.478 e. The first-order valence-electron chi connectivity index (χ1n) is 5.68. The first-order chi connectivity index (χ1) is 9.25. The van der Waals surface area contributed by atoms with Gasteiger partial charge in [0.2, 0.25) is 0 Å². The van der Waals surface area contributed by atoms with Gasteiger partial charge in [-0.3, -0.25) is 19.4 Å². The molecule has 0 unspecified atom stereocenters. The van der Waals surface area contributed by atoms with Crippen molar-refractivity contribution >= 4 is 23.4 Å². The van der Waals surface area contributed by atoms with Gasteiger partial charge in [-0.05, 0) is 38.1 Å². The van der Waals surface area contributed by atoms with E-state index in [1.165, 1.54) is 24.3 Å². The summed E-state index contributed by atoms with van der Waals surface area (Å²) >= 11 is 0. The molecule has 1 amide bonds. The first-order valence-corrected chi connectivity index (χ1v) is 5.68. The fourth-order valence-corrected chi connectivity index (χ4v) is 1.70. The number of amides is 1. The average Bonchev–Trinajstić information content (AvgIpc) is 2.37. The molecule has 0 aliphatic carbocycles. The lowest BCUT2D eigenvalue weighted by molar-refractivity contribution is -0.131. The highest BCUT2D eigenvalue weighted by molar-refractivity contribution is 6.08. The molecule has 106 valence electrons. The van der Waals surface area contributed by atoms with Crippen molar-refractivity contribution in [3.63, 3.8) is 0 Å². The molecule has 0 saturated heterocycles. The molecule has 1 aromatic rings. The summed E-state index contributed by atoms with van der Waals surface area (Å²) < 4.78 is 0. The van der Waals surface area contributed by atoms with Crippen molar-refractivity contribution in [1.29, 1.82) is 0 Å². The molecule has 0 radical (unpaired) electrons. The highest BCUT2D eigenvalue weighted by atomic mass is 16.4. The fourth-order valence-electron chi connectivity index (χ4n) is 1.70. The highest BCUT2D eigenvalue weighted by Gasteiger charge is 2.29. The van der Waals surface area contributed by atoms with E-state index in [0.717, 1.165) is 13.8 Å². The number of hydrazine groups is 1. The minimum atomic E-state index is -1.35. The molecule has 0 aliphatic rings. The van der Waals surface area contributed by atoms with Gasteiger partial charge in [0, 0.05) is 5.56 Å². The lowest BCUT2D eigenvalue weighted by atomic mass is 10.1. The number of aromatic carboxylic acids is 1. The molecule has 0 aliphatic heterocycles. The molecule has 0 bridgehead atoms. The summed E-state index contributed by atoms with van der Waals surface area (Å²) in [7, 11) is 0. The molecule has 7 nitrogen and oxygen atoms in total. The zero-order chi connectivity index (χ0) is 15.4. The van der Waals surface area contributed by atoms with Crippen LogP contribution in [0.15, 0.2) is 24.3 Å². The van der Waals surface area contributed by atoms with Gasteiger partial charge in [0.1, 0.15) is 0 Å². The Hall–Kier alpha value is -2.54. The topological polar surface area (TPSA) is 118 Å². The standard InChI is InChI=1S/C13H14N2O5/c1-7(16)11(8(2)17)15(14)12(18)9-3-5-10(6-4-9)13(19)20/h3-6,11H,14H2,1-2H3,(H,19,20). The Labute approximate surface area is 114 Å². The van der Waals surface area contributed by atoms with E-state index in [2.05, 4.69) is 0 Å². The predicted molar refractivity (Wildman–Crippen MR) is 68.9 cm³/mol. The van der Waals surface area contributed by atoms with Gasteiger partial charge >= 0.3 is 5.97 Å². The minimum absolute atomic E-state index is 0.0137. The Morgan fingerprint density at radius 1 is 1.00 bits per heavy atom. The number of nitrogens with zero attached hydrogens (tertiary/aromatic N) is 1. The third-order valence-corrected chi connectivity index (χ3v) is 2.66. The average molecular weight is 278 g/mol. The number of rotatable bonds is 5. The molecule has 0 fully saturated rings. The van der Waals surface area contributed by atoms with Crippen LogP contribution in [-0.4, -0.2) is 39.6 Å². The maximum atomic E-state index is 12.0. The lowest BCUT2D eigenvalue weighted by Crippen LogP contribution is -2.52. The number of ketones is 2. The van der Waals surface area contributed by atoms with Gasteiger partial charge < -0.3 is 5.11 Å². The molecule has 0 heterocycles. The van der Waals surface area contributed by atoms with Crippen LogP contribution >= 0.6 is 0 Å². The number of carboxylic acids is 1.